The minimum atomic E-state index is -1.91. The van der Waals surface area contributed by atoms with E-state index in [1.165, 1.54) is 25.4 Å². The van der Waals surface area contributed by atoms with E-state index in [1.807, 2.05) is 0 Å². The SMILES string of the molecule is CCC(O)(c1cc(C)c(C(O)N(C=O)Cc2ncc(Cl)cn2)c(F)c1)C1(F)CCNCC1. The number of carbonyl (C=O) groups is 1. The van der Waals surface area contributed by atoms with Gasteiger partial charge in [-0.2, -0.15) is 0 Å². The summed E-state index contributed by atoms with van der Waals surface area (Å²) in [6.45, 7) is 3.84. The number of halogens is 3. The summed E-state index contributed by atoms with van der Waals surface area (Å²) in [6.07, 6.45) is 1.68. The Labute approximate surface area is 190 Å². The molecule has 1 aromatic carbocycles. The standard InChI is InChI=1S/C22H27ClF2N4O3/c1-3-22(32,21(25)4-6-26-7-5-21)15-8-14(2)19(17(24)9-15)20(31)29(13-30)12-18-27-10-16(23)11-28-18/h8-11,13,20,26,31-32H,3-7,12H2,1-2H3. The van der Waals surface area contributed by atoms with E-state index in [9.17, 15) is 15.0 Å². The van der Waals surface area contributed by atoms with Gasteiger partial charge in [-0.1, -0.05) is 24.6 Å². The first-order valence-corrected chi connectivity index (χ1v) is 10.8. The average molecular weight is 469 g/mol. The molecule has 0 aliphatic carbocycles. The number of amides is 1. The fourth-order valence-electron chi connectivity index (χ4n) is 4.27. The van der Waals surface area contributed by atoms with Crippen LogP contribution in [0.15, 0.2) is 24.5 Å². The number of hydrogen-bond acceptors (Lipinski definition) is 6. The molecular formula is C22H27ClF2N4O3. The second-order valence-electron chi connectivity index (χ2n) is 8.09. The molecular weight excluding hydrogens is 442 g/mol. The molecule has 1 saturated heterocycles. The number of carbonyl (C=O) groups excluding carboxylic acids is 1. The number of aliphatic hydroxyl groups is 2. The fraction of sp³-hybridized carbons (Fsp3) is 0.500. The van der Waals surface area contributed by atoms with Gasteiger partial charge in [0.25, 0.3) is 0 Å². The normalized spacial score (nSPS) is 18.6. The molecule has 1 amide bonds. The first kappa shape index (κ1) is 24.4. The van der Waals surface area contributed by atoms with Gasteiger partial charge in [-0.05, 0) is 56.5 Å². The molecule has 32 heavy (non-hydrogen) atoms. The lowest BCUT2D eigenvalue weighted by molar-refractivity contribution is -0.129. The van der Waals surface area contributed by atoms with Crippen molar-refractivity contribution < 1.29 is 23.8 Å². The highest BCUT2D eigenvalue weighted by Gasteiger charge is 2.52. The van der Waals surface area contributed by atoms with Crippen LogP contribution in [-0.4, -0.2) is 50.2 Å². The van der Waals surface area contributed by atoms with Crippen LogP contribution in [0.25, 0.3) is 0 Å². The molecule has 2 aromatic rings. The summed E-state index contributed by atoms with van der Waals surface area (Å²) in [4.78, 5) is 20.5. The van der Waals surface area contributed by atoms with Crippen LogP contribution >= 0.6 is 11.6 Å². The smallest absolute Gasteiger partial charge is 0.212 e. The molecule has 0 saturated carbocycles. The predicted octanol–water partition coefficient (Wildman–Crippen LogP) is 2.92. The third-order valence-electron chi connectivity index (χ3n) is 6.17. The van der Waals surface area contributed by atoms with Crippen LogP contribution in [0.2, 0.25) is 5.02 Å². The van der Waals surface area contributed by atoms with Crippen molar-refractivity contribution in [2.75, 3.05) is 13.1 Å². The van der Waals surface area contributed by atoms with Gasteiger partial charge in [-0.3, -0.25) is 4.79 Å². The van der Waals surface area contributed by atoms with E-state index in [0.29, 0.717) is 24.5 Å². The number of hydrogen-bond donors (Lipinski definition) is 3. The minimum absolute atomic E-state index is 0.0542. The molecule has 0 radical (unpaired) electrons. The zero-order valence-electron chi connectivity index (χ0n) is 18.0. The van der Waals surface area contributed by atoms with Crippen molar-refractivity contribution in [1.29, 1.82) is 0 Å². The van der Waals surface area contributed by atoms with Gasteiger partial charge in [-0.15, -0.1) is 0 Å². The molecule has 2 atom stereocenters. The second-order valence-corrected chi connectivity index (χ2v) is 8.52. The third-order valence-corrected chi connectivity index (χ3v) is 6.36. The molecule has 2 heterocycles. The topological polar surface area (TPSA) is 98.6 Å². The summed E-state index contributed by atoms with van der Waals surface area (Å²) in [5, 5.41) is 25.4. The van der Waals surface area contributed by atoms with Gasteiger partial charge in [0.2, 0.25) is 6.41 Å². The number of aliphatic hydroxyl groups excluding tert-OH is 1. The van der Waals surface area contributed by atoms with E-state index < -0.39 is 23.3 Å². The lowest BCUT2D eigenvalue weighted by Gasteiger charge is -2.44. The molecule has 1 aliphatic heterocycles. The number of nitrogens with one attached hydrogen (secondary N) is 1. The van der Waals surface area contributed by atoms with Gasteiger partial charge in [0, 0.05) is 18.0 Å². The molecule has 3 N–H and O–H groups in total. The summed E-state index contributed by atoms with van der Waals surface area (Å²) >= 11 is 5.75. The zero-order chi connectivity index (χ0) is 23.5. The number of alkyl halides is 1. The molecule has 0 bridgehead atoms. The Morgan fingerprint density at radius 1 is 1.34 bits per heavy atom. The molecule has 1 aliphatic rings. The summed E-state index contributed by atoms with van der Waals surface area (Å²) in [5.74, 6) is -0.637. The Balaban J connectivity index is 1.93. The highest BCUT2D eigenvalue weighted by atomic mass is 35.5. The summed E-state index contributed by atoms with van der Waals surface area (Å²) < 4.78 is 31.0. The van der Waals surface area contributed by atoms with Crippen LogP contribution in [0, 0.1) is 12.7 Å². The van der Waals surface area contributed by atoms with E-state index in [2.05, 4.69) is 15.3 Å². The Bertz CT molecular complexity index is 934. The van der Waals surface area contributed by atoms with E-state index in [4.69, 9.17) is 11.6 Å². The Morgan fingerprint density at radius 3 is 2.50 bits per heavy atom. The predicted molar refractivity (Wildman–Crippen MR) is 115 cm³/mol. The largest absolute Gasteiger partial charge is 0.382 e. The third kappa shape index (κ3) is 4.61. The van der Waals surface area contributed by atoms with E-state index in [-0.39, 0.29) is 48.3 Å². The quantitative estimate of drug-likeness (QED) is 0.407. The van der Waals surface area contributed by atoms with Gasteiger partial charge in [0.1, 0.15) is 22.9 Å². The number of nitrogens with zero attached hydrogens (tertiary/aromatic N) is 3. The van der Waals surface area contributed by atoms with Gasteiger partial charge in [-0.25, -0.2) is 18.7 Å². The average Bonchev–Trinajstić information content (AvgIpc) is 2.77. The van der Waals surface area contributed by atoms with Crippen molar-refractivity contribution in [3.05, 3.63) is 57.9 Å². The Kier molecular flexibility index (Phi) is 7.44. The number of aryl methyl sites for hydroxylation is 1. The van der Waals surface area contributed by atoms with Crippen molar-refractivity contribution in [3.63, 3.8) is 0 Å². The lowest BCUT2D eigenvalue weighted by atomic mass is 9.71. The van der Waals surface area contributed by atoms with Crippen molar-refractivity contribution in [2.24, 2.45) is 0 Å². The molecule has 1 fully saturated rings. The van der Waals surface area contributed by atoms with E-state index >= 15 is 8.78 Å². The van der Waals surface area contributed by atoms with Gasteiger partial charge in [0.15, 0.2) is 6.23 Å². The van der Waals surface area contributed by atoms with Gasteiger partial charge < -0.3 is 20.4 Å². The molecule has 0 spiro atoms. The fourth-order valence-corrected chi connectivity index (χ4v) is 4.37. The van der Waals surface area contributed by atoms with Crippen LogP contribution in [0.3, 0.4) is 0 Å². The first-order valence-electron chi connectivity index (χ1n) is 10.4. The minimum Gasteiger partial charge on any atom is -0.382 e. The van der Waals surface area contributed by atoms with Crippen LogP contribution in [0.1, 0.15) is 54.9 Å². The summed E-state index contributed by atoms with van der Waals surface area (Å²) in [5.41, 5.74) is -3.56. The maximum absolute atomic E-state index is 15.7. The van der Waals surface area contributed by atoms with Gasteiger partial charge >= 0.3 is 0 Å². The Hall–Kier alpha value is -2.20. The number of benzene rings is 1. The van der Waals surface area contributed by atoms with Gasteiger partial charge in [0.05, 0.1) is 11.6 Å². The maximum atomic E-state index is 15.7. The van der Waals surface area contributed by atoms with Crippen molar-refractivity contribution in [2.45, 2.75) is 57.2 Å². The second kappa shape index (κ2) is 9.74. The van der Waals surface area contributed by atoms with Crippen LogP contribution in [0.5, 0.6) is 0 Å². The summed E-state index contributed by atoms with van der Waals surface area (Å²) in [7, 11) is 0. The lowest BCUT2D eigenvalue weighted by Crippen LogP contribution is -2.53. The van der Waals surface area contributed by atoms with E-state index in [0.717, 1.165) is 11.0 Å². The summed E-state index contributed by atoms with van der Waals surface area (Å²) in [6, 6.07) is 2.51. The molecule has 174 valence electrons. The number of rotatable bonds is 8. The molecule has 1 aromatic heterocycles. The monoisotopic (exact) mass is 468 g/mol. The van der Waals surface area contributed by atoms with Crippen molar-refractivity contribution >= 4 is 18.0 Å². The van der Waals surface area contributed by atoms with Crippen molar-refractivity contribution in [3.8, 4) is 0 Å². The first-order chi connectivity index (χ1) is 15.1. The maximum Gasteiger partial charge on any atom is 0.212 e. The molecule has 10 heteroatoms. The molecule has 2 unspecified atom stereocenters. The Morgan fingerprint density at radius 2 is 1.97 bits per heavy atom. The van der Waals surface area contributed by atoms with Crippen LogP contribution < -0.4 is 5.32 Å². The van der Waals surface area contributed by atoms with Crippen LogP contribution in [-0.2, 0) is 16.9 Å². The number of piperidine rings is 1. The van der Waals surface area contributed by atoms with E-state index in [1.54, 1.807) is 6.92 Å². The highest BCUT2D eigenvalue weighted by molar-refractivity contribution is 6.30. The molecule has 7 nitrogen and oxygen atoms in total. The van der Waals surface area contributed by atoms with Crippen molar-refractivity contribution in [1.82, 2.24) is 20.2 Å². The highest BCUT2D eigenvalue weighted by Crippen LogP contribution is 2.45. The van der Waals surface area contributed by atoms with Crippen LogP contribution in [0.4, 0.5) is 8.78 Å². The molecule has 3 rings (SSSR count). The zero-order valence-corrected chi connectivity index (χ0v) is 18.7. The number of aromatic nitrogens is 2.